The van der Waals surface area contributed by atoms with Crippen LogP contribution in [0.2, 0.25) is 0 Å². The van der Waals surface area contributed by atoms with Crippen molar-refractivity contribution in [2.45, 2.75) is 51.5 Å². The number of ether oxygens (including phenoxy) is 1. The highest BCUT2D eigenvalue weighted by Gasteiger charge is 2.33. The van der Waals surface area contributed by atoms with E-state index in [4.69, 9.17) is 10.5 Å². The number of carbonyl (C=O) groups excluding carboxylic acids is 1. The van der Waals surface area contributed by atoms with E-state index in [1.54, 1.807) is 0 Å². The molecule has 0 bridgehead atoms. The van der Waals surface area contributed by atoms with Crippen LogP contribution in [0.25, 0.3) is 0 Å². The highest BCUT2D eigenvalue weighted by Crippen LogP contribution is 2.28. The molecule has 116 valence electrons. The van der Waals surface area contributed by atoms with Gasteiger partial charge in [-0.25, -0.2) is 0 Å². The van der Waals surface area contributed by atoms with E-state index in [2.05, 4.69) is 18.3 Å². The van der Waals surface area contributed by atoms with Crippen LogP contribution < -0.4 is 15.8 Å². The molecule has 1 aromatic rings. The molecule has 0 saturated heterocycles. The van der Waals surface area contributed by atoms with Gasteiger partial charge < -0.3 is 15.8 Å². The molecule has 0 radical (unpaired) electrons. The summed E-state index contributed by atoms with van der Waals surface area (Å²) in [4.78, 5) is 12.0. The summed E-state index contributed by atoms with van der Waals surface area (Å²) in [7, 11) is 0. The Hall–Kier alpha value is -1.55. The molecule has 1 fully saturated rings. The summed E-state index contributed by atoms with van der Waals surface area (Å²) in [5.74, 6) is 0.884. The highest BCUT2D eigenvalue weighted by molar-refractivity contribution is 5.77. The Kier molecular flexibility index (Phi) is 5.23. The van der Waals surface area contributed by atoms with Crippen molar-refractivity contribution in [3.63, 3.8) is 0 Å². The molecule has 4 nitrogen and oxygen atoms in total. The van der Waals surface area contributed by atoms with Gasteiger partial charge in [0.1, 0.15) is 5.75 Å². The SMILES string of the molecule is Cc1ccc(OCCC(=O)NC2(CN)CCCC2)c(C)c1. The second-order valence-corrected chi connectivity index (χ2v) is 6.11. The molecule has 1 amide bonds. The number of benzene rings is 1. The average molecular weight is 290 g/mol. The Balaban J connectivity index is 1.79. The summed E-state index contributed by atoms with van der Waals surface area (Å²) < 4.78 is 5.70. The van der Waals surface area contributed by atoms with Crippen LogP contribution in [0.5, 0.6) is 5.75 Å². The zero-order valence-electron chi connectivity index (χ0n) is 13.1. The van der Waals surface area contributed by atoms with Gasteiger partial charge in [0.05, 0.1) is 18.6 Å². The summed E-state index contributed by atoms with van der Waals surface area (Å²) >= 11 is 0. The maximum Gasteiger partial charge on any atom is 0.223 e. The first-order chi connectivity index (χ1) is 10.0. The lowest BCUT2D eigenvalue weighted by molar-refractivity contribution is -0.123. The van der Waals surface area contributed by atoms with Gasteiger partial charge in [0.2, 0.25) is 5.91 Å². The van der Waals surface area contributed by atoms with Gasteiger partial charge in [-0.3, -0.25) is 4.79 Å². The number of rotatable bonds is 6. The molecule has 1 aliphatic carbocycles. The number of amides is 1. The molecule has 1 saturated carbocycles. The van der Waals surface area contributed by atoms with E-state index in [9.17, 15) is 4.79 Å². The molecule has 4 heteroatoms. The zero-order valence-corrected chi connectivity index (χ0v) is 13.1. The van der Waals surface area contributed by atoms with Gasteiger partial charge in [-0.2, -0.15) is 0 Å². The second kappa shape index (κ2) is 6.94. The number of aryl methyl sites for hydroxylation is 2. The minimum atomic E-state index is -0.170. The maximum absolute atomic E-state index is 12.0. The molecule has 0 aliphatic heterocycles. The van der Waals surface area contributed by atoms with E-state index in [1.807, 2.05) is 19.1 Å². The predicted molar refractivity (Wildman–Crippen MR) is 84.4 cm³/mol. The van der Waals surface area contributed by atoms with Crippen molar-refractivity contribution in [1.82, 2.24) is 5.32 Å². The van der Waals surface area contributed by atoms with Crippen LogP contribution in [0.4, 0.5) is 0 Å². The Bertz CT molecular complexity index is 494. The first-order valence-electron chi connectivity index (χ1n) is 7.76. The maximum atomic E-state index is 12.0. The second-order valence-electron chi connectivity index (χ2n) is 6.11. The van der Waals surface area contributed by atoms with Crippen molar-refractivity contribution in [3.05, 3.63) is 29.3 Å². The standard InChI is InChI=1S/C17H26N2O2/c1-13-5-6-15(14(2)11-13)21-10-7-16(20)19-17(12-18)8-3-4-9-17/h5-6,11H,3-4,7-10,12,18H2,1-2H3,(H,19,20). The lowest BCUT2D eigenvalue weighted by Crippen LogP contribution is -2.51. The van der Waals surface area contributed by atoms with Crippen LogP contribution in [-0.2, 0) is 4.79 Å². The van der Waals surface area contributed by atoms with Crippen molar-refractivity contribution in [1.29, 1.82) is 0 Å². The average Bonchev–Trinajstić information content (AvgIpc) is 2.90. The quantitative estimate of drug-likeness (QED) is 0.846. The van der Waals surface area contributed by atoms with Crippen molar-refractivity contribution in [2.24, 2.45) is 5.73 Å². The summed E-state index contributed by atoms with van der Waals surface area (Å²) in [5.41, 5.74) is 7.97. The number of hydrogen-bond acceptors (Lipinski definition) is 3. The fraction of sp³-hybridized carbons (Fsp3) is 0.588. The van der Waals surface area contributed by atoms with E-state index in [0.717, 1.165) is 37.0 Å². The fourth-order valence-corrected chi connectivity index (χ4v) is 3.01. The minimum absolute atomic E-state index is 0.0344. The third kappa shape index (κ3) is 4.21. The molecule has 0 heterocycles. The monoisotopic (exact) mass is 290 g/mol. The normalized spacial score (nSPS) is 16.7. The van der Waals surface area contributed by atoms with Gasteiger partial charge in [0.15, 0.2) is 0 Å². The molecule has 3 N–H and O–H groups in total. The molecular weight excluding hydrogens is 264 g/mol. The van der Waals surface area contributed by atoms with E-state index in [1.165, 1.54) is 5.56 Å². The largest absolute Gasteiger partial charge is 0.493 e. The highest BCUT2D eigenvalue weighted by atomic mass is 16.5. The lowest BCUT2D eigenvalue weighted by atomic mass is 9.98. The minimum Gasteiger partial charge on any atom is -0.493 e. The first-order valence-corrected chi connectivity index (χ1v) is 7.76. The molecule has 1 aromatic carbocycles. The van der Waals surface area contributed by atoms with Crippen LogP contribution in [0, 0.1) is 13.8 Å². The molecule has 21 heavy (non-hydrogen) atoms. The lowest BCUT2D eigenvalue weighted by Gasteiger charge is -2.28. The smallest absolute Gasteiger partial charge is 0.223 e. The number of hydrogen-bond donors (Lipinski definition) is 2. The Labute approximate surface area is 127 Å². The number of nitrogens with one attached hydrogen (secondary N) is 1. The molecule has 2 rings (SSSR count). The predicted octanol–water partition coefficient (Wildman–Crippen LogP) is 2.46. The van der Waals surface area contributed by atoms with E-state index in [-0.39, 0.29) is 11.4 Å². The number of nitrogens with two attached hydrogens (primary N) is 1. The fourth-order valence-electron chi connectivity index (χ4n) is 3.01. The van der Waals surface area contributed by atoms with E-state index < -0.39 is 0 Å². The van der Waals surface area contributed by atoms with Crippen LogP contribution in [0.1, 0.15) is 43.2 Å². The zero-order chi connectivity index (χ0) is 15.3. The van der Waals surface area contributed by atoms with Crippen molar-refractivity contribution < 1.29 is 9.53 Å². The van der Waals surface area contributed by atoms with Gasteiger partial charge in [0, 0.05) is 6.54 Å². The Morgan fingerprint density at radius 3 is 2.67 bits per heavy atom. The summed E-state index contributed by atoms with van der Waals surface area (Å²) in [5, 5.41) is 3.11. The molecule has 0 atom stereocenters. The van der Waals surface area contributed by atoms with Crippen molar-refractivity contribution >= 4 is 5.91 Å². The molecule has 0 aromatic heterocycles. The van der Waals surface area contributed by atoms with Crippen molar-refractivity contribution in [3.8, 4) is 5.75 Å². The van der Waals surface area contributed by atoms with Crippen LogP contribution in [-0.4, -0.2) is 24.6 Å². The molecule has 0 unspecified atom stereocenters. The van der Waals surface area contributed by atoms with Gasteiger partial charge in [-0.1, -0.05) is 30.5 Å². The van der Waals surface area contributed by atoms with E-state index in [0.29, 0.717) is 19.6 Å². The topological polar surface area (TPSA) is 64.3 Å². The van der Waals surface area contributed by atoms with Crippen LogP contribution in [0.3, 0.4) is 0 Å². The third-order valence-electron chi connectivity index (χ3n) is 4.27. The first kappa shape index (κ1) is 15.8. The summed E-state index contributed by atoms with van der Waals surface area (Å²) in [6.45, 7) is 5.00. The van der Waals surface area contributed by atoms with Gasteiger partial charge in [-0.15, -0.1) is 0 Å². The molecule has 0 spiro atoms. The summed E-state index contributed by atoms with van der Waals surface area (Å²) in [6, 6.07) is 6.06. The Morgan fingerprint density at radius 2 is 2.05 bits per heavy atom. The molecular formula is C17H26N2O2. The van der Waals surface area contributed by atoms with E-state index >= 15 is 0 Å². The van der Waals surface area contributed by atoms with Crippen LogP contribution in [0.15, 0.2) is 18.2 Å². The van der Waals surface area contributed by atoms with Gasteiger partial charge in [-0.05, 0) is 38.3 Å². The van der Waals surface area contributed by atoms with Gasteiger partial charge >= 0.3 is 0 Å². The summed E-state index contributed by atoms with van der Waals surface area (Å²) in [6.07, 6.45) is 4.66. The number of carbonyl (C=O) groups is 1. The van der Waals surface area contributed by atoms with Crippen LogP contribution >= 0.6 is 0 Å². The molecule has 1 aliphatic rings. The third-order valence-corrected chi connectivity index (χ3v) is 4.27. The Morgan fingerprint density at radius 1 is 1.33 bits per heavy atom. The van der Waals surface area contributed by atoms with Gasteiger partial charge in [0.25, 0.3) is 0 Å². The van der Waals surface area contributed by atoms with Crippen molar-refractivity contribution in [2.75, 3.05) is 13.2 Å².